The fraction of sp³-hybridized carbons (Fsp3) is 0.320. The summed E-state index contributed by atoms with van der Waals surface area (Å²) in [5, 5.41) is 6.87. The lowest BCUT2D eigenvalue weighted by atomic mass is 10.1. The summed E-state index contributed by atoms with van der Waals surface area (Å²) >= 11 is 0. The summed E-state index contributed by atoms with van der Waals surface area (Å²) in [6, 6.07) is 13.3. The third kappa shape index (κ3) is 6.71. The Morgan fingerprint density at radius 3 is 2.71 bits per heavy atom. The minimum atomic E-state index is -1.03. The lowest BCUT2D eigenvalue weighted by Gasteiger charge is -2.26. The first kappa shape index (κ1) is 24.5. The first-order chi connectivity index (χ1) is 17.0. The van der Waals surface area contributed by atoms with Gasteiger partial charge in [0.25, 0.3) is 5.56 Å². The van der Waals surface area contributed by atoms with E-state index in [1.54, 1.807) is 24.3 Å². The van der Waals surface area contributed by atoms with Crippen molar-refractivity contribution in [1.82, 2.24) is 14.7 Å². The van der Waals surface area contributed by atoms with Crippen molar-refractivity contribution in [3.8, 4) is 11.3 Å². The van der Waals surface area contributed by atoms with E-state index in [0.29, 0.717) is 17.9 Å². The Morgan fingerprint density at radius 2 is 1.89 bits per heavy atom. The third-order valence-corrected chi connectivity index (χ3v) is 5.56. The van der Waals surface area contributed by atoms with Crippen LogP contribution in [0.1, 0.15) is 12.0 Å². The van der Waals surface area contributed by atoms with Crippen LogP contribution >= 0.6 is 0 Å². The van der Waals surface area contributed by atoms with Crippen LogP contribution in [0.15, 0.2) is 59.4 Å². The zero-order valence-corrected chi connectivity index (χ0v) is 19.1. The van der Waals surface area contributed by atoms with Crippen LogP contribution in [-0.4, -0.2) is 60.2 Å². The fourth-order valence-corrected chi connectivity index (χ4v) is 3.76. The molecule has 0 atom stereocenters. The van der Waals surface area contributed by atoms with Crippen molar-refractivity contribution in [3.05, 3.63) is 82.1 Å². The predicted octanol–water partition coefficient (Wildman–Crippen LogP) is 3.51. The summed E-state index contributed by atoms with van der Waals surface area (Å²) in [6.07, 6.45) is 0.160. The monoisotopic (exact) mass is 484 g/mol. The average Bonchev–Trinajstić information content (AvgIpc) is 2.86. The number of anilines is 1. The number of hydrogen-bond donors (Lipinski definition) is 1. The number of amides is 1. The van der Waals surface area contributed by atoms with E-state index in [4.69, 9.17) is 9.47 Å². The number of benzene rings is 2. The normalized spacial score (nSPS) is 14.0. The molecule has 1 aliphatic heterocycles. The van der Waals surface area contributed by atoms with E-state index in [1.165, 1.54) is 24.3 Å². The molecule has 3 aromatic rings. The van der Waals surface area contributed by atoms with Crippen LogP contribution in [0.3, 0.4) is 0 Å². The number of carbonyl (C=O) groups excluding carboxylic acids is 1. The molecule has 35 heavy (non-hydrogen) atoms. The minimum Gasteiger partial charge on any atom is -0.449 e. The molecule has 4 rings (SSSR count). The van der Waals surface area contributed by atoms with Crippen LogP contribution in [0, 0.1) is 11.6 Å². The van der Waals surface area contributed by atoms with Gasteiger partial charge in [-0.15, -0.1) is 0 Å². The topological polar surface area (TPSA) is 85.7 Å². The minimum absolute atomic E-state index is 0.0365. The van der Waals surface area contributed by atoms with Gasteiger partial charge in [-0.05, 0) is 42.3 Å². The molecule has 10 heteroatoms. The highest BCUT2D eigenvalue weighted by molar-refractivity contribution is 5.84. The van der Waals surface area contributed by atoms with Gasteiger partial charge in [0.1, 0.15) is 0 Å². The van der Waals surface area contributed by atoms with E-state index in [0.717, 1.165) is 50.0 Å². The second kappa shape index (κ2) is 11.7. The van der Waals surface area contributed by atoms with Gasteiger partial charge in [0.15, 0.2) is 11.6 Å². The maximum absolute atomic E-state index is 14.2. The Balaban J connectivity index is 1.35. The number of aromatic nitrogens is 2. The van der Waals surface area contributed by atoms with Gasteiger partial charge in [0.2, 0.25) is 0 Å². The molecule has 1 fully saturated rings. The highest BCUT2D eigenvalue weighted by Gasteiger charge is 2.13. The Labute approximate surface area is 201 Å². The predicted molar refractivity (Wildman–Crippen MR) is 126 cm³/mol. The molecule has 1 saturated heterocycles. The fourth-order valence-electron chi connectivity index (χ4n) is 3.76. The van der Waals surface area contributed by atoms with Gasteiger partial charge in [-0.2, -0.15) is 5.10 Å². The summed E-state index contributed by atoms with van der Waals surface area (Å²) in [5.74, 6) is -2.02. The Hall–Kier alpha value is -3.63. The first-order valence-corrected chi connectivity index (χ1v) is 11.3. The molecule has 8 nitrogen and oxygen atoms in total. The largest absolute Gasteiger partial charge is 0.449 e. The number of hydrogen-bond acceptors (Lipinski definition) is 6. The lowest BCUT2D eigenvalue weighted by molar-refractivity contribution is 0.0348. The molecule has 0 radical (unpaired) electrons. The van der Waals surface area contributed by atoms with Crippen LogP contribution in [0.5, 0.6) is 0 Å². The van der Waals surface area contributed by atoms with Crippen LogP contribution in [0.25, 0.3) is 11.3 Å². The van der Waals surface area contributed by atoms with Crippen molar-refractivity contribution in [2.45, 2.75) is 13.0 Å². The van der Waals surface area contributed by atoms with Crippen LogP contribution < -0.4 is 10.9 Å². The van der Waals surface area contributed by atoms with Crippen molar-refractivity contribution in [2.75, 3.05) is 44.8 Å². The number of ether oxygens (including phenoxy) is 2. The van der Waals surface area contributed by atoms with Crippen LogP contribution in [-0.2, 0) is 16.0 Å². The van der Waals surface area contributed by atoms with Gasteiger partial charge in [-0.1, -0.05) is 18.2 Å². The summed E-state index contributed by atoms with van der Waals surface area (Å²) in [5.41, 5.74) is 0.883. The quantitative estimate of drug-likeness (QED) is 0.493. The molecule has 2 heterocycles. The number of carbonyl (C=O) groups is 1. The Kier molecular flexibility index (Phi) is 8.17. The number of morpholine rings is 1. The second-order valence-corrected chi connectivity index (χ2v) is 8.08. The van der Waals surface area contributed by atoms with Gasteiger partial charge in [-0.3, -0.25) is 15.0 Å². The number of nitrogens with zero attached hydrogens (tertiary/aromatic N) is 3. The van der Waals surface area contributed by atoms with E-state index >= 15 is 0 Å². The van der Waals surface area contributed by atoms with E-state index in [9.17, 15) is 18.4 Å². The first-order valence-electron chi connectivity index (χ1n) is 11.3. The molecule has 1 amide bonds. The molecular weight excluding hydrogens is 458 g/mol. The van der Waals surface area contributed by atoms with Gasteiger partial charge in [0, 0.05) is 37.0 Å². The molecule has 0 bridgehead atoms. The highest BCUT2D eigenvalue weighted by Crippen LogP contribution is 2.22. The van der Waals surface area contributed by atoms with Crippen molar-refractivity contribution in [2.24, 2.45) is 0 Å². The molecular formula is C25H26F2N4O4. The SMILES string of the molecule is O=C(Nc1cccc(Cn2nc(-c3cccc(F)c3F)ccc2=O)c1)OCCCN1CCOCC1. The molecule has 1 aliphatic rings. The molecule has 1 N–H and O–H groups in total. The van der Waals surface area contributed by atoms with E-state index in [-0.39, 0.29) is 17.8 Å². The maximum atomic E-state index is 14.2. The van der Waals surface area contributed by atoms with E-state index in [2.05, 4.69) is 15.3 Å². The van der Waals surface area contributed by atoms with E-state index < -0.39 is 23.3 Å². The van der Waals surface area contributed by atoms with Crippen molar-refractivity contribution in [3.63, 3.8) is 0 Å². The average molecular weight is 485 g/mol. The molecule has 0 spiro atoms. The number of nitrogens with one attached hydrogen (secondary N) is 1. The number of rotatable bonds is 8. The number of halogens is 2. The third-order valence-electron chi connectivity index (χ3n) is 5.56. The molecule has 0 saturated carbocycles. The van der Waals surface area contributed by atoms with E-state index in [1.807, 2.05) is 0 Å². The Bertz CT molecular complexity index is 1230. The van der Waals surface area contributed by atoms with Crippen LogP contribution in [0.4, 0.5) is 19.3 Å². The van der Waals surface area contributed by atoms with Gasteiger partial charge in [0.05, 0.1) is 32.1 Å². The smallest absolute Gasteiger partial charge is 0.411 e. The van der Waals surface area contributed by atoms with Gasteiger partial charge in [-0.25, -0.2) is 18.3 Å². The summed E-state index contributed by atoms with van der Waals surface area (Å²) < 4.78 is 39.5. The molecule has 0 aliphatic carbocycles. The van der Waals surface area contributed by atoms with Crippen molar-refractivity contribution >= 4 is 11.8 Å². The maximum Gasteiger partial charge on any atom is 0.411 e. The Morgan fingerprint density at radius 1 is 1.09 bits per heavy atom. The summed E-state index contributed by atoms with van der Waals surface area (Å²) in [6.45, 7) is 4.44. The zero-order valence-electron chi connectivity index (χ0n) is 19.1. The highest BCUT2D eigenvalue weighted by atomic mass is 19.2. The van der Waals surface area contributed by atoms with Crippen molar-refractivity contribution in [1.29, 1.82) is 0 Å². The summed E-state index contributed by atoms with van der Waals surface area (Å²) in [4.78, 5) is 26.7. The molecule has 0 unspecified atom stereocenters. The summed E-state index contributed by atoms with van der Waals surface area (Å²) in [7, 11) is 0. The standard InChI is InChI=1S/C25H26F2N4O4/c26-21-7-2-6-20(24(21)27)22-8-9-23(32)31(29-22)17-18-4-1-5-19(16-18)28-25(33)35-13-3-10-30-11-14-34-15-12-30/h1-2,4-9,16H,3,10-15,17H2,(H,28,33). The van der Waals surface area contributed by atoms with Gasteiger partial charge >= 0.3 is 6.09 Å². The molecule has 1 aromatic heterocycles. The van der Waals surface area contributed by atoms with Gasteiger partial charge < -0.3 is 9.47 Å². The molecule has 2 aromatic carbocycles. The zero-order chi connectivity index (χ0) is 24.6. The molecule has 184 valence electrons. The van der Waals surface area contributed by atoms with Crippen LogP contribution in [0.2, 0.25) is 0 Å². The lowest BCUT2D eigenvalue weighted by Crippen LogP contribution is -2.37. The second-order valence-electron chi connectivity index (χ2n) is 8.08. The van der Waals surface area contributed by atoms with Crippen molar-refractivity contribution < 1.29 is 23.0 Å².